The number of carbonyl (C=O) groups excluding carboxylic acids is 1. The van der Waals surface area contributed by atoms with Gasteiger partial charge in [0.1, 0.15) is 0 Å². The van der Waals surface area contributed by atoms with Crippen LogP contribution in [0, 0.1) is 2.88 Å². The van der Waals surface area contributed by atoms with Crippen LogP contribution in [-0.4, -0.2) is 36.1 Å². The van der Waals surface area contributed by atoms with Crippen molar-refractivity contribution in [2.24, 2.45) is 0 Å². The maximum Gasteiger partial charge on any atom is 0.255 e. The summed E-state index contributed by atoms with van der Waals surface area (Å²) in [5.74, 6) is 0.145. The highest BCUT2D eigenvalue weighted by Gasteiger charge is 2.30. The van der Waals surface area contributed by atoms with Crippen LogP contribution in [-0.2, 0) is 4.74 Å². The van der Waals surface area contributed by atoms with Gasteiger partial charge in [-0.25, -0.2) is 0 Å². The molecule has 0 N–H and O–H groups in total. The summed E-state index contributed by atoms with van der Waals surface area (Å²) in [6.45, 7) is 5.47. The molecule has 2 heterocycles. The van der Waals surface area contributed by atoms with E-state index >= 15 is 0 Å². The molecule has 2 unspecified atom stereocenters. The fourth-order valence-electron chi connectivity index (χ4n) is 2.02. The number of carbonyl (C=O) groups is 1. The zero-order valence-corrected chi connectivity index (χ0v) is 13.0. The first kappa shape index (κ1) is 13.3. The van der Waals surface area contributed by atoms with Gasteiger partial charge in [-0.3, -0.25) is 4.79 Å². The first-order chi connectivity index (χ1) is 8.11. The number of hydrogen-bond acceptors (Lipinski definition) is 3. The molecule has 94 valence electrons. The molecular weight excluding hydrogens is 349 g/mol. The molecule has 0 bridgehead atoms. The fraction of sp³-hybridized carbons (Fsp3) is 0.583. The summed E-state index contributed by atoms with van der Waals surface area (Å²) in [6, 6.07) is 2.18. The Kier molecular flexibility index (Phi) is 4.43. The molecule has 1 fully saturated rings. The van der Waals surface area contributed by atoms with Crippen molar-refractivity contribution in [3.05, 3.63) is 19.9 Å². The third kappa shape index (κ3) is 3.00. The maximum atomic E-state index is 12.4. The number of halogens is 1. The average Bonchev–Trinajstić information content (AvgIpc) is 2.75. The third-order valence-electron chi connectivity index (χ3n) is 3.01. The fourth-order valence-corrected chi connectivity index (χ4v) is 3.34. The van der Waals surface area contributed by atoms with E-state index in [-0.39, 0.29) is 18.1 Å². The van der Waals surface area contributed by atoms with Crippen LogP contribution in [0.5, 0.6) is 0 Å². The van der Waals surface area contributed by atoms with Gasteiger partial charge < -0.3 is 9.64 Å². The standard InChI is InChI=1S/C12H16INO2S/c1-3-10-6-16-8(2)5-14(10)12(15)9-4-11(13)17-7-9/h4,7-8,10H,3,5-6H2,1-2H3. The predicted molar refractivity (Wildman–Crippen MR) is 77.6 cm³/mol. The molecule has 0 aromatic carbocycles. The van der Waals surface area contributed by atoms with E-state index in [9.17, 15) is 4.79 Å². The molecule has 1 amide bonds. The van der Waals surface area contributed by atoms with Gasteiger partial charge in [-0.05, 0) is 42.0 Å². The Labute approximate surface area is 119 Å². The lowest BCUT2D eigenvalue weighted by molar-refractivity contribution is -0.0443. The van der Waals surface area contributed by atoms with E-state index in [4.69, 9.17) is 4.74 Å². The van der Waals surface area contributed by atoms with Gasteiger partial charge in [-0.2, -0.15) is 0 Å². The van der Waals surface area contributed by atoms with E-state index in [1.54, 1.807) is 11.3 Å². The van der Waals surface area contributed by atoms with Crippen molar-refractivity contribution in [2.75, 3.05) is 13.2 Å². The first-order valence-electron chi connectivity index (χ1n) is 5.78. The summed E-state index contributed by atoms with van der Waals surface area (Å²) in [4.78, 5) is 14.4. The Hall–Kier alpha value is -0.140. The minimum atomic E-state index is 0.138. The molecule has 1 aliphatic rings. The van der Waals surface area contributed by atoms with Gasteiger partial charge in [0.05, 0.1) is 27.2 Å². The number of rotatable bonds is 2. The van der Waals surface area contributed by atoms with Gasteiger partial charge in [0, 0.05) is 11.9 Å². The van der Waals surface area contributed by atoms with Crippen LogP contribution >= 0.6 is 33.9 Å². The molecule has 17 heavy (non-hydrogen) atoms. The molecule has 1 aromatic heterocycles. The Balaban J connectivity index is 2.16. The van der Waals surface area contributed by atoms with Crippen LogP contribution in [0.15, 0.2) is 11.4 Å². The molecule has 1 saturated heterocycles. The van der Waals surface area contributed by atoms with Gasteiger partial charge in [-0.1, -0.05) is 6.92 Å². The van der Waals surface area contributed by atoms with E-state index in [2.05, 4.69) is 29.5 Å². The van der Waals surface area contributed by atoms with Crippen molar-refractivity contribution in [3.8, 4) is 0 Å². The van der Waals surface area contributed by atoms with Crippen LogP contribution in [0.4, 0.5) is 0 Å². The van der Waals surface area contributed by atoms with Crippen LogP contribution in [0.25, 0.3) is 0 Å². The van der Waals surface area contributed by atoms with E-state index in [1.165, 1.54) is 0 Å². The Morgan fingerprint density at radius 1 is 1.71 bits per heavy atom. The molecule has 0 aliphatic carbocycles. The maximum absolute atomic E-state index is 12.4. The monoisotopic (exact) mass is 365 g/mol. The third-order valence-corrected chi connectivity index (χ3v) is 4.80. The van der Waals surface area contributed by atoms with E-state index in [0.717, 1.165) is 14.9 Å². The Morgan fingerprint density at radius 2 is 2.47 bits per heavy atom. The number of hydrogen-bond donors (Lipinski definition) is 0. The molecule has 0 saturated carbocycles. The van der Waals surface area contributed by atoms with Crippen molar-refractivity contribution >= 4 is 39.8 Å². The highest BCUT2D eigenvalue weighted by atomic mass is 127. The van der Waals surface area contributed by atoms with E-state index in [0.29, 0.717) is 13.2 Å². The van der Waals surface area contributed by atoms with Crippen molar-refractivity contribution in [1.29, 1.82) is 0 Å². The number of ether oxygens (including phenoxy) is 1. The van der Waals surface area contributed by atoms with Crippen molar-refractivity contribution in [2.45, 2.75) is 32.4 Å². The first-order valence-corrected chi connectivity index (χ1v) is 7.74. The smallest absolute Gasteiger partial charge is 0.255 e. The van der Waals surface area contributed by atoms with Crippen molar-refractivity contribution < 1.29 is 9.53 Å². The Bertz CT molecular complexity index is 407. The predicted octanol–water partition coefficient (Wildman–Crippen LogP) is 2.99. The summed E-state index contributed by atoms with van der Waals surface area (Å²) >= 11 is 3.86. The lowest BCUT2D eigenvalue weighted by Gasteiger charge is -2.38. The van der Waals surface area contributed by atoms with Crippen LogP contribution < -0.4 is 0 Å². The zero-order valence-electron chi connectivity index (χ0n) is 9.98. The lowest BCUT2D eigenvalue weighted by atomic mass is 10.1. The minimum Gasteiger partial charge on any atom is -0.375 e. The molecule has 2 atom stereocenters. The van der Waals surface area contributed by atoms with Gasteiger partial charge in [0.2, 0.25) is 0 Å². The summed E-state index contributed by atoms with van der Waals surface area (Å²) in [5.41, 5.74) is 0.812. The highest BCUT2D eigenvalue weighted by molar-refractivity contribution is 14.1. The molecule has 0 spiro atoms. The van der Waals surface area contributed by atoms with Crippen LogP contribution in [0.2, 0.25) is 0 Å². The quantitative estimate of drug-likeness (QED) is 0.755. The van der Waals surface area contributed by atoms with E-state index < -0.39 is 0 Å². The topological polar surface area (TPSA) is 29.5 Å². The highest BCUT2D eigenvalue weighted by Crippen LogP contribution is 2.22. The van der Waals surface area contributed by atoms with Gasteiger partial charge in [0.15, 0.2) is 0 Å². The number of morpholine rings is 1. The second kappa shape index (κ2) is 5.67. The number of amides is 1. The van der Waals surface area contributed by atoms with Crippen molar-refractivity contribution in [3.63, 3.8) is 0 Å². The molecule has 5 heteroatoms. The summed E-state index contributed by atoms with van der Waals surface area (Å²) in [6.07, 6.45) is 1.08. The molecule has 1 aromatic rings. The summed E-state index contributed by atoms with van der Waals surface area (Å²) in [7, 11) is 0. The second-order valence-electron chi connectivity index (χ2n) is 4.30. The second-order valence-corrected chi connectivity index (χ2v) is 7.11. The minimum absolute atomic E-state index is 0.138. The zero-order chi connectivity index (χ0) is 12.4. The van der Waals surface area contributed by atoms with Gasteiger partial charge >= 0.3 is 0 Å². The number of nitrogens with zero attached hydrogens (tertiary/aromatic N) is 1. The van der Waals surface area contributed by atoms with Gasteiger partial charge in [0.25, 0.3) is 5.91 Å². The largest absolute Gasteiger partial charge is 0.375 e. The van der Waals surface area contributed by atoms with Gasteiger partial charge in [-0.15, -0.1) is 11.3 Å². The lowest BCUT2D eigenvalue weighted by Crippen LogP contribution is -2.51. The summed E-state index contributed by atoms with van der Waals surface area (Å²) in [5, 5.41) is 1.94. The number of thiophene rings is 1. The van der Waals surface area contributed by atoms with Crippen molar-refractivity contribution in [1.82, 2.24) is 4.90 Å². The molecule has 1 aliphatic heterocycles. The van der Waals surface area contributed by atoms with E-state index in [1.807, 2.05) is 23.3 Å². The Morgan fingerprint density at radius 3 is 3.06 bits per heavy atom. The van der Waals surface area contributed by atoms with Crippen LogP contribution in [0.3, 0.4) is 0 Å². The SMILES string of the molecule is CCC1COC(C)CN1C(=O)c1csc(I)c1. The average molecular weight is 365 g/mol. The molecular formula is C12H16INO2S. The molecule has 3 nitrogen and oxygen atoms in total. The molecule has 2 rings (SSSR count). The van der Waals surface area contributed by atoms with Crippen LogP contribution in [0.1, 0.15) is 30.6 Å². The molecule has 0 radical (unpaired) electrons. The summed E-state index contributed by atoms with van der Waals surface area (Å²) < 4.78 is 6.76. The normalized spacial score (nSPS) is 25.0.